The lowest BCUT2D eigenvalue weighted by atomic mass is 10.1. The Kier molecular flexibility index (Phi) is 6.45. The van der Waals surface area contributed by atoms with E-state index in [1.807, 2.05) is 12.1 Å². The third-order valence-electron chi connectivity index (χ3n) is 4.29. The second kappa shape index (κ2) is 9.00. The average Bonchev–Trinajstić information content (AvgIpc) is 2.69. The zero-order valence-electron chi connectivity index (χ0n) is 15.3. The summed E-state index contributed by atoms with van der Waals surface area (Å²) in [4.78, 5) is 18.6. The normalized spacial score (nSPS) is 14.5. The smallest absolute Gasteiger partial charge is 0.319 e. The number of hydrogen-bond acceptors (Lipinski definition) is 6. The van der Waals surface area contributed by atoms with Gasteiger partial charge >= 0.3 is 6.03 Å². The maximum absolute atomic E-state index is 12.0. The van der Waals surface area contributed by atoms with Gasteiger partial charge in [-0.2, -0.15) is 0 Å². The van der Waals surface area contributed by atoms with Crippen molar-refractivity contribution in [2.45, 2.75) is 11.3 Å². The van der Waals surface area contributed by atoms with Crippen molar-refractivity contribution in [3.8, 4) is 0 Å². The molecular formula is C18H23N5O4S. The lowest BCUT2D eigenvalue weighted by Gasteiger charge is -2.27. The van der Waals surface area contributed by atoms with Gasteiger partial charge < -0.3 is 20.3 Å². The highest BCUT2D eigenvalue weighted by Gasteiger charge is 2.12. The molecule has 0 spiro atoms. The van der Waals surface area contributed by atoms with Crippen LogP contribution in [0.15, 0.2) is 47.5 Å². The number of carbonyl (C=O) groups is 1. The Morgan fingerprint density at radius 2 is 1.86 bits per heavy atom. The van der Waals surface area contributed by atoms with E-state index in [-0.39, 0.29) is 10.9 Å². The summed E-state index contributed by atoms with van der Waals surface area (Å²) in [6, 6.07) is 9.60. The number of rotatable bonds is 6. The molecule has 28 heavy (non-hydrogen) atoms. The summed E-state index contributed by atoms with van der Waals surface area (Å²) >= 11 is 0. The molecule has 0 bridgehead atoms. The molecule has 10 heteroatoms. The molecular weight excluding hydrogens is 382 g/mol. The number of amides is 2. The van der Waals surface area contributed by atoms with E-state index in [0.717, 1.165) is 24.5 Å². The van der Waals surface area contributed by atoms with E-state index in [1.54, 1.807) is 18.3 Å². The number of urea groups is 1. The number of anilines is 2. The van der Waals surface area contributed by atoms with E-state index >= 15 is 0 Å². The summed E-state index contributed by atoms with van der Waals surface area (Å²) in [5.41, 5.74) is 1.50. The third-order valence-corrected chi connectivity index (χ3v) is 5.22. The molecule has 1 aliphatic rings. The van der Waals surface area contributed by atoms with Crippen molar-refractivity contribution >= 4 is 27.6 Å². The second-order valence-corrected chi connectivity index (χ2v) is 7.89. The Hall–Kier alpha value is -2.69. The van der Waals surface area contributed by atoms with Crippen LogP contribution in [-0.2, 0) is 21.2 Å². The van der Waals surface area contributed by atoms with Gasteiger partial charge in [-0.05, 0) is 36.2 Å². The van der Waals surface area contributed by atoms with E-state index in [9.17, 15) is 13.2 Å². The molecule has 1 saturated heterocycles. The van der Waals surface area contributed by atoms with Gasteiger partial charge in [0.2, 0.25) is 10.0 Å². The number of aromatic nitrogens is 1. The summed E-state index contributed by atoms with van der Waals surface area (Å²) < 4.78 is 27.8. The summed E-state index contributed by atoms with van der Waals surface area (Å²) in [6.45, 7) is 3.39. The lowest BCUT2D eigenvalue weighted by molar-refractivity contribution is 0.122. The van der Waals surface area contributed by atoms with Crippen LogP contribution >= 0.6 is 0 Å². The number of nitrogens with zero attached hydrogens (tertiary/aromatic N) is 2. The molecule has 1 fully saturated rings. The van der Waals surface area contributed by atoms with Crippen molar-refractivity contribution in [2.75, 3.05) is 43.1 Å². The van der Waals surface area contributed by atoms with E-state index in [1.165, 1.54) is 12.1 Å². The van der Waals surface area contributed by atoms with Crippen LogP contribution < -0.4 is 20.7 Å². The lowest BCUT2D eigenvalue weighted by Crippen LogP contribution is -2.36. The minimum Gasteiger partial charge on any atom is -0.378 e. The summed E-state index contributed by atoms with van der Waals surface area (Å²) in [5.74, 6) is 0.859. The number of primary sulfonamides is 1. The molecule has 0 atom stereocenters. The Balaban J connectivity index is 1.44. The molecule has 0 aliphatic carbocycles. The predicted octanol–water partition coefficient (Wildman–Crippen LogP) is 0.930. The highest BCUT2D eigenvalue weighted by molar-refractivity contribution is 7.89. The summed E-state index contributed by atoms with van der Waals surface area (Å²) in [6.07, 6.45) is 2.18. The first kappa shape index (κ1) is 20.1. The number of morpholine rings is 1. The zero-order chi connectivity index (χ0) is 20.0. The van der Waals surface area contributed by atoms with Crippen molar-refractivity contribution in [3.63, 3.8) is 0 Å². The number of ether oxygens (including phenoxy) is 1. The molecule has 2 amide bonds. The highest BCUT2D eigenvalue weighted by Crippen LogP contribution is 2.15. The van der Waals surface area contributed by atoms with Crippen LogP contribution in [0.5, 0.6) is 0 Å². The minimum absolute atomic E-state index is 0.0648. The Morgan fingerprint density at radius 1 is 1.14 bits per heavy atom. The number of hydrogen-bond donors (Lipinski definition) is 3. The first-order valence-electron chi connectivity index (χ1n) is 8.87. The number of carbonyl (C=O) groups excluding carboxylic acids is 1. The SMILES string of the molecule is NS(=O)(=O)c1ccc(CCNC(=O)Nc2ccc(N3CCOCC3)nc2)cc1. The Morgan fingerprint density at radius 3 is 2.46 bits per heavy atom. The number of benzene rings is 1. The monoisotopic (exact) mass is 405 g/mol. The number of nitrogens with one attached hydrogen (secondary N) is 2. The topological polar surface area (TPSA) is 127 Å². The first-order chi connectivity index (χ1) is 13.4. The van der Waals surface area contributed by atoms with Crippen LogP contribution in [0.2, 0.25) is 0 Å². The van der Waals surface area contributed by atoms with Crippen molar-refractivity contribution in [2.24, 2.45) is 5.14 Å². The highest BCUT2D eigenvalue weighted by atomic mass is 32.2. The van der Waals surface area contributed by atoms with E-state index < -0.39 is 10.0 Å². The molecule has 4 N–H and O–H groups in total. The number of sulfonamides is 1. The molecule has 1 aromatic heterocycles. The minimum atomic E-state index is -3.69. The van der Waals surface area contributed by atoms with Crippen LogP contribution in [-0.4, -0.2) is 52.3 Å². The second-order valence-electron chi connectivity index (χ2n) is 6.32. The maximum atomic E-state index is 12.0. The molecule has 3 rings (SSSR count). The number of nitrogens with two attached hydrogens (primary N) is 1. The van der Waals surface area contributed by atoms with Crippen LogP contribution in [0.3, 0.4) is 0 Å². The Bertz CT molecular complexity index is 895. The van der Waals surface area contributed by atoms with Gasteiger partial charge in [-0.3, -0.25) is 0 Å². The van der Waals surface area contributed by atoms with Gasteiger partial charge in [-0.15, -0.1) is 0 Å². The van der Waals surface area contributed by atoms with Gasteiger partial charge in [0.25, 0.3) is 0 Å². The van der Waals surface area contributed by atoms with Gasteiger partial charge in [0.05, 0.1) is 30.0 Å². The fourth-order valence-corrected chi connectivity index (χ4v) is 3.30. The molecule has 2 aromatic rings. The van der Waals surface area contributed by atoms with Crippen molar-refractivity contribution < 1.29 is 17.9 Å². The van der Waals surface area contributed by atoms with E-state index in [2.05, 4.69) is 20.5 Å². The fraction of sp³-hybridized carbons (Fsp3) is 0.333. The quantitative estimate of drug-likeness (QED) is 0.656. The molecule has 1 aromatic carbocycles. The molecule has 0 unspecified atom stereocenters. The summed E-state index contributed by atoms with van der Waals surface area (Å²) in [7, 11) is -3.69. The van der Waals surface area contributed by atoms with E-state index in [0.29, 0.717) is 31.9 Å². The molecule has 1 aliphatic heterocycles. The van der Waals surface area contributed by atoms with Gasteiger partial charge in [0.1, 0.15) is 5.82 Å². The van der Waals surface area contributed by atoms with Crippen LogP contribution in [0.1, 0.15) is 5.56 Å². The maximum Gasteiger partial charge on any atom is 0.319 e. The van der Waals surface area contributed by atoms with Gasteiger partial charge in [0.15, 0.2) is 0 Å². The van der Waals surface area contributed by atoms with Crippen LogP contribution in [0.25, 0.3) is 0 Å². The first-order valence-corrected chi connectivity index (χ1v) is 10.4. The average molecular weight is 405 g/mol. The van der Waals surface area contributed by atoms with Gasteiger partial charge in [-0.25, -0.2) is 23.3 Å². The standard InChI is InChI=1S/C18H23N5O4S/c19-28(25,26)16-4-1-14(2-5-16)7-8-20-18(24)22-15-3-6-17(21-13-15)23-9-11-27-12-10-23/h1-6,13H,7-12H2,(H2,19,25,26)(H2,20,22,24). The van der Waals surface area contributed by atoms with Crippen molar-refractivity contribution in [3.05, 3.63) is 48.2 Å². The molecule has 0 saturated carbocycles. The van der Waals surface area contributed by atoms with Crippen LogP contribution in [0, 0.1) is 0 Å². The predicted molar refractivity (Wildman–Crippen MR) is 106 cm³/mol. The number of pyridine rings is 1. The molecule has 9 nitrogen and oxygen atoms in total. The van der Waals surface area contributed by atoms with Crippen molar-refractivity contribution in [1.29, 1.82) is 0 Å². The molecule has 150 valence electrons. The summed E-state index contributed by atoms with van der Waals surface area (Å²) in [5, 5.41) is 10.6. The zero-order valence-corrected chi connectivity index (χ0v) is 16.1. The largest absolute Gasteiger partial charge is 0.378 e. The van der Waals surface area contributed by atoms with Gasteiger partial charge in [-0.1, -0.05) is 12.1 Å². The van der Waals surface area contributed by atoms with E-state index in [4.69, 9.17) is 9.88 Å². The molecule has 2 heterocycles. The molecule has 0 radical (unpaired) electrons. The van der Waals surface area contributed by atoms with Crippen molar-refractivity contribution in [1.82, 2.24) is 10.3 Å². The third kappa shape index (κ3) is 5.65. The Labute approximate surface area is 163 Å². The van der Waals surface area contributed by atoms with Gasteiger partial charge in [0, 0.05) is 19.6 Å². The fourth-order valence-electron chi connectivity index (χ4n) is 2.78. The van der Waals surface area contributed by atoms with Crippen LogP contribution in [0.4, 0.5) is 16.3 Å².